The van der Waals surface area contributed by atoms with Crippen LogP contribution < -0.4 is 0 Å². The molecule has 18 heavy (non-hydrogen) atoms. The summed E-state index contributed by atoms with van der Waals surface area (Å²) < 4.78 is 5.50. The molecular formula is C15H18N2O. The second kappa shape index (κ2) is 4.94. The molecule has 0 bridgehead atoms. The molecule has 1 atom stereocenters. The molecular weight excluding hydrogens is 224 g/mol. The van der Waals surface area contributed by atoms with Crippen LogP contribution in [0.2, 0.25) is 0 Å². The Bertz CT molecular complexity index is 506. The molecule has 1 fully saturated rings. The molecule has 1 aromatic heterocycles. The van der Waals surface area contributed by atoms with E-state index in [1.165, 1.54) is 18.4 Å². The van der Waals surface area contributed by atoms with E-state index >= 15 is 0 Å². The fourth-order valence-electron chi connectivity index (χ4n) is 2.64. The van der Waals surface area contributed by atoms with Crippen LogP contribution in [0.3, 0.4) is 0 Å². The largest absolute Gasteiger partial charge is 0.359 e. The topological polar surface area (TPSA) is 29.3 Å². The highest BCUT2D eigenvalue weighted by Gasteiger charge is 2.26. The zero-order valence-corrected chi connectivity index (χ0v) is 10.7. The first-order chi connectivity index (χ1) is 8.83. The lowest BCUT2D eigenvalue weighted by Gasteiger charge is -2.15. The van der Waals surface area contributed by atoms with Gasteiger partial charge in [0.2, 0.25) is 0 Å². The van der Waals surface area contributed by atoms with Gasteiger partial charge in [-0.2, -0.15) is 0 Å². The molecule has 2 heterocycles. The normalized spacial score (nSPS) is 20.4. The third kappa shape index (κ3) is 2.31. The maximum atomic E-state index is 5.50. The van der Waals surface area contributed by atoms with Gasteiger partial charge in [-0.1, -0.05) is 35.5 Å². The van der Waals surface area contributed by atoms with Gasteiger partial charge in [0.05, 0.1) is 11.7 Å². The number of likely N-dealkylation sites (tertiary alicyclic amines) is 1. The van der Waals surface area contributed by atoms with E-state index in [0.29, 0.717) is 6.04 Å². The lowest BCUT2D eigenvalue weighted by atomic mass is 10.1. The van der Waals surface area contributed by atoms with E-state index in [1.807, 2.05) is 6.07 Å². The molecule has 0 radical (unpaired) electrons. The van der Waals surface area contributed by atoms with Crippen LogP contribution in [0, 0.1) is 0 Å². The summed E-state index contributed by atoms with van der Waals surface area (Å²) in [6, 6.07) is 12.9. The Morgan fingerprint density at radius 3 is 2.89 bits per heavy atom. The van der Waals surface area contributed by atoms with E-state index in [0.717, 1.165) is 24.4 Å². The van der Waals surface area contributed by atoms with Gasteiger partial charge < -0.3 is 4.52 Å². The second-order valence-electron chi connectivity index (χ2n) is 5.02. The lowest BCUT2D eigenvalue weighted by Crippen LogP contribution is -2.16. The lowest BCUT2D eigenvalue weighted by molar-refractivity contribution is 0.251. The van der Waals surface area contributed by atoms with E-state index in [9.17, 15) is 0 Å². The van der Waals surface area contributed by atoms with E-state index in [4.69, 9.17) is 4.52 Å². The SMILES string of the molecule is CN1CCC[C@H]1c1cc(Cc2ccccc2)no1. The Kier molecular flexibility index (Phi) is 3.15. The first-order valence-electron chi connectivity index (χ1n) is 6.52. The average molecular weight is 242 g/mol. The van der Waals surface area contributed by atoms with Gasteiger partial charge >= 0.3 is 0 Å². The predicted molar refractivity (Wildman–Crippen MR) is 70.4 cm³/mol. The van der Waals surface area contributed by atoms with Gasteiger partial charge in [-0.05, 0) is 32.0 Å². The Balaban J connectivity index is 1.74. The molecule has 0 unspecified atom stereocenters. The highest BCUT2D eigenvalue weighted by atomic mass is 16.5. The van der Waals surface area contributed by atoms with E-state index in [2.05, 4.69) is 47.4 Å². The smallest absolute Gasteiger partial charge is 0.154 e. The zero-order chi connectivity index (χ0) is 12.4. The Morgan fingerprint density at radius 2 is 2.17 bits per heavy atom. The second-order valence-corrected chi connectivity index (χ2v) is 5.02. The standard InChI is InChI=1S/C15H18N2O/c1-17-9-5-8-14(17)15-11-13(16-18-15)10-12-6-3-2-4-7-12/h2-4,6-7,11,14H,5,8-10H2,1H3/t14-/m0/s1. The van der Waals surface area contributed by atoms with Crippen LogP contribution >= 0.6 is 0 Å². The molecule has 0 N–H and O–H groups in total. The van der Waals surface area contributed by atoms with Gasteiger partial charge in [0.1, 0.15) is 0 Å². The van der Waals surface area contributed by atoms with Crippen LogP contribution in [-0.2, 0) is 6.42 Å². The summed E-state index contributed by atoms with van der Waals surface area (Å²) >= 11 is 0. The summed E-state index contributed by atoms with van der Waals surface area (Å²) in [6.07, 6.45) is 3.27. The summed E-state index contributed by atoms with van der Waals surface area (Å²) in [5, 5.41) is 4.19. The molecule has 3 nitrogen and oxygen atoms in total. The van der Waals surface area contributed by atoms with Crippen LogP contribution in [-0.4, -0.2) is 23.6 Å². The van der Waals surface area contributed by atoms with Crippen molar-refractivity contribution in [1.82, 2.24) is 10.1 Å². The third-order valence-electron chi connectivity index (χ3n) is 3.65. The average Bonchev–Trinajstić information content (AvgIpc) is 2.99. The summed E-state index contributed by atoms with van der Waals surface area (Å²) in [4.78, 5) is 2.34. The van der Waals surface area contributed by atoms with Crippen molar-refractivity contribution >= 4 is 0 Å². The van der Waals surface area contributed by atoms with Crippen molar-refractivity contribution < 1.29 is 4.52 Å². The van der Waals surface area contributed by atoms with E-state index in [1.54, 1.807) is 0 Å². The van der Waals surface area contributed by atoms with Gasteiger partial charge in [0.25, 0.3) is 0 Å². The van der Waals surface area contributed by atoms with Crippen LogP contribution in [0.15, 0.2) is 40.9 Å². The van der Waals surface area contributed by atoms with Crippen molar-refractivity contribution in [2.75, 3.05) is 13.6 Å². The van der Waals surface area contributed by atoms with Crippen LogP contribution in [0.1, 0.15) is 35.9 Å². The molecule has 1 saturated heterocycles. The van der Waals surface area contributed by atoms with Crippen molar-refractivity contribution in [3.63, 3.8) is 0 Å². The minimum atomic E-state index is 0.419. The van der Waals surface area contributed by atoms with Gasteiger partial charge in [-0.15, -0.1) is 0 Å². The number of hydrogen-bond donors (Lipinski definition) is 0. The molecule has 1 aliphatic rings. The van der Waals surface area contributed by atoms with Gasteiger partial charge in [-0.3, -0.25) is 4.90 Å². The monoisotopic (exact) mass is 242 g/mol. The summed E-state index contributed by atoms with van der Waals surface area (Å²) in [5.74, 6) is 1.01. The minimum Gasteiger partial charge on any atom is -0.359 e. The molecule has 0 amide bonds. The Labute approximate surface area is 107 Å². The fraction of sp³-hybridized carbons (Fsp3) is 0.400. The predicted octanol–water partition coefficient (Wildman–Crippen LogP) is 3.03. The van der Waals surface area contributed by atoms with Crippen LogP contribution in [0.5, 0.6) is 0 Å². The number of nitrogens with zero attached hydrogens (tertiary/aromatic N) is 2. The Morgan fingerprint density at radius 1 is 1.33 bits per heavy atom. The van der Waals surface area contributed by atoms with Crippen molar-refractivity contribution in [2.24, 2.45) is 0 Å². The summed E-state index contributed by atoms with van der Waals surface area (Å²) in [6.45, 7) is 1.15. The highest BCUT2D eigenvalue weighted by Crippen LogP contribution is 2.30. The summed E-state index contributed by atoms with van der Waals surface area (Å²) in [5.41, 5.74) is 2.30. The number of hydrogen-bond acceptors (Lipinski definition) is 3. The fourth-order valence-corrected chi connectivity index (χ4v) is 2.64. The quantitative estimate of drug-likeness (QED) is 0.828. The summed E-state index contributed by atoms with van der Waals surface area (Å²) in [7, 11) is 2.15. The van der Waals surface area contributed by atoms with Crippen molar-refractivity contribution in [1.29, 1.82) is 0 Å². The number of aromatic nitrogens is 1. The van der Waals surface area contributed by atoms with Crippen LogP contribution in [0.25, 0.3) is 0 Å². The molecule has 0 saturated carbocycles. The maximum Gasteiger partial charge on any atom is 0.154 e. The highest BCUT2D eigenvalue weighted by molar-refractivity contribution is 5.22. The maximum absolute atomic E-state index is 5.50. The van der Waals surface area contributed by atoms with Crippen LogP contribution in [0.4, 0.5) is 0 Å². The van der Waals surface area contributed by atoms with Crippen molar-refractivity contribution in [2.45, 2.75) is 25.3 Å². The Hall–Kier alpha value is -1.61. The molecule has 1 aromatic carbocycles. The first kappa shape index (κ1) is 11.5. The van der Waals surface area contributed by atoms with Crippen molar-refractivity contribution in [3.05, 3.63) is 53.4 Å². The van der Waals surface area contributed by atoms with Gasteiger partial charge in [0.15, 0.2) is 5.76 Å². The molecule has 3 heteroatoms. The molecule has 2 aromatic rings. The number of rotatable bonds is 3. The van der Waals surface area contributed by atoms with Crippen molar-refractivity contribution in [3.8, 4) is 0 Å². The first-order valence-corrected chi connectivity index (χ1v) is 6.52. The van der Waals surface area contributed by atoms with Gasteiger partial charge in [-0.25, -0.2) is 0 Å². The molecule has 3 rings (SSSR count). The third-order valence-corrected chi connectivity index (χ3v) is 3.65. The van der Waals surface area contributed by atoms with E-state index < -0.39 is 0 Å². The minimum absolute atomic E-state index is 0.419. The number of benzene rings is 1. The van der Waals surface area contributed by atoms with Gasteiger partial charge in [0, 0.05) is 12.5 Å². The molecule has 1 aliphatic heterocycles. The van der Waals surface area contributed by atoms with E-state index in [-0.39, 0.29) is 0 Å². The zero-order valence-electron chi connectivity index (χ0n) is 10.7. The molecule has 94 valence electrons. The molecule has 0 spiro atoms. The molecule has 0 aliphatic carbocycles.